The van der Waals surface area contributed by atoms with E-state index >= 15 is 0 Å². The van der Waals surface area contributed by atoms with Gasteiger partial charge < -0.3 is 4.90 Å². The second kappa shape index (κ2) is 6.43. The van der Waals surface area contributed by atoms with Gasteiger partial charge in [0.2, 0.25) is 5.91 Å². The second-order valence-corrected chi connectivity index (χ2v) is 7.57. The predicted octanol–water partition coefficient (Wildman–Crippen LogP) is 3.61. The third kappa shape index (κ3) is 3.13. The molecule has 21 heavy (non-hydrogen) atoms. The van der Waals surface area contributed by atoms with E-state index < -0.39 is 0 Å². The number of carbonyl (C=O) groups is 1. The molecule has 0 aromatic heterocycles. The van der Waals surface area contributed by atoms with E-state index in [0.29, 0.717) is 11.8 Å². The number of hydrogen-bond acceptors (Lipinski definition) is 2. The van der Waals surface area contributed by atoms with Crippen LogP contribution in [0.2, 0.25) is 0 Å². The van der Waals surface area contributed by atoms with Gasteiger partial charge in [-0.3, -0.25) is 4.79 Å². The summed E-state index contributed by atoms with van der Waals surface area (Å²) < 4.78 is 0. The molecule has 2 fully saturated rings. The van der Waals surface area contributed by atoms with Crippen molar-refractivity contribution in [1.82, 2.24) is 4.90 Å². The first-order valence-electron chi connectivity index (χ1n) is 8.06. The highest BCUT2D eigenvalue weighted by atomic mass is 32.2. The fourth-order valence-corrected chi connectivity index (χ4v) is 4.52. The van der Waals surface area contributed by atoms with Crippen molar-refractivity contribution in [2.75, 3.05) is 25.1 Å². The maximum Gasteiger partial charge on any atom is 0.229 e. The molecule has 3 rings (SSSR count). The van der Waals surface area contributed by atoms with E-state index in [1.807, 2.05) is 17.8 Å². The van der Waals surface area contributed by atoms with Gasteiger partial charge in [-0.05, 0) is 49.2 Å². The van der Waals surface area contributed by atoms with Crippen molar-refractivity contribution >= 4 is 17.7 Å². The zero-order valence-electron chi connectivity index (χ0n) is 12.9. The topological polar surface area (TPSA) is 20.3 Å². The monoisotopic (exact) mass is 303 g/mol. The van der Waals surface area contributed by atoms with E-state index in [0.717, 1.165) is 32.4 Å². The summed E-state index contributed by atoms with van der Waals surface area (Å²) in [6.07, 6.45) is 7.63. The Morgan fingerprint density at radius 3 is 2.71 bits per heavy atom. The van der Waals surface area contributed by atoms with Gasteiger partial charge in [0.1, 0.15) is 0 Å². The minimum Gasteiger partial charge on any atom is -0.342 e. The summed E-state index contributed by atoms with van der Waals surface area (Å²) in [5.41, 5.74) is 1.22. The summed E-state index contributed by atoms with van der Waals surface area (Å²) in [7, 11) is 0. The van der Waals surface area contributed by atoms with E-state index in [4.69, 9.17) is 0 Å². The molecule has 114 valence electrons. The van der Waals surface area contributed by atoms with Crippen LogP contribution in [0.5, 0.6) is 0 Å². The number of thioether (sulfide) groups is 1. The average Bonchev–Trinajstić information content (AvgIpc) is 2.92. The summed E-state index contributed by atoms with van der Waals surface area (Å²) in [4.78, 5) is 15.2. The SMILES string of the molecule is CSC[C@@H]1CCN(C(=O)C2(Cc3ccccc3)CCC2)C1. The van der Waals surface area contributed by atoms with Crippen LogP contribution in [0.25, 0.3) is 0 Å². The van der Waals surface area contributed by atoms with Gasteiger partial charge in [-0.15, -0.1) is 0 Å². The molecule has 0 N–H and O–H groups in total. The maximum absolute atomic E-state index is 13.0. The number of amides is 1. The minimum atomic E-state index is -0.0877. The molecule has 1 aliphatic carbocycles. The van der Waals surface area contributed by atoms with Crippen molar-refractivity contribution in [2.45, 2.75) is 32.1 Å². The van der Waals surface area contributed by atoms with Crippen LogP contribution in [-0.4, -0.2) is 35.9 Å². The highest BCUT2D eigenvalue weighted by Crippen LogP contribution is 2.46. The lowest BCUT2D eigenvalue weighted by Crippen LogP contribution is -2.48. The van der Waals surface area contributed by atoms with Crippen LogP contribution < -0.4 is 0 Å². The van der Waals surface area contributed by atoms with Crippen molar-refractivity contribution in [3.8, 4) is 0 Å². The molecular formula is C18H25NOS. The number of hydrogen-bond donors (Lipinski definition) is 0. The summed E-state index contributed by atoms with van der Waals surface area (Å²) in [5, 5.41) is 0. The molecule has 1 aromatic rings. The van der Waals surface area contributed by atoms with Crippen LogP contribution in [0, 0.1) is 11.3 Å². The van der Waals surface area contributed by atoms with Gasteiger partial charge in [-0.25, -0.2) is 0 Å². The Morgan fingerprint density at radius 1 is 1.33 bits per heavy atom. The van der Waals surface area contributed by atoms with E-state index in [9.17, 15) is 4.79 Å². The molecule has 0 radical (unpaired) electrons. The van der Waals surface area contributed by atoms with Gasteiger partial charge in [0.05, 0.1) is 5.41 Å². The number of nitrogens with zero attached hydrogens (tertiary/aromatic N) is 1. The Morgan fingerprint density at radius 2 is 2.10 bits per heavy atom. The third-order valence-electron chi connectivity index (χ3n) is 5.13. The molecule has 1 aromatic carbocycles. The molecule has 0 bridgehead atoms. The lowest BCUT2D eigenvalue weighted by Gasteiger charge is -2.43. The Hall–Kier alpha value is -0.960. The first-order chi connectivity index (χ1) is 10.2. The average molecular weight is 303 g/mol. The van der Waals surface area contributed by atoms with Crippen LogP contribution in [0.15, 0.2) is 30.3 Å². The molecular weight excluding hydrogens is 278 g/mol. The van der Waals surface area contributed by atoms with Crippen molar-refractivity contribution in [3.63, 3.8) is 0 Å². The van der Waals surface area contributed by atoms with Gasteiger partial charge in [0.15, 0.2) is 0 Å². The summed E-state index contributed by atoms with van der Waals surface area (Å²) in [6.45, 7) is 1.96. The molecule has 1 saturated heterocycles. The van der Waals surface area contributed by atoms with Gasteiger partial charge in [0.25, 0.3) is 0 Å². The maximum atomic E-state index is 13.0. The van der Waals surface area contributed by atoms with Crippen molar-refractivity contribution in [2.24, 2.45) is 11.3 Å². The first-order valence-corrected chi connectivity index (χ1v) is 9.45. The third-order valence-corrected chi connectivity index (χ3v) is 5.93. The summed E-state index contributed by atoms with van der Waals surface area (Å²) in [6, 6.07) is 10.5. The first kappa shape index (κ1) is 15.0. The fraction of sp³-hybridized carbons (Fsp3) is 0.611. The zero-order chi connectivity index (χ0) is 14.7. The Kier molecular flexibility index (Phi) is 4.58. The number of benzene rings is 1. The largest absolute Gasteiger partial charge is 0.342 e. The minimum absolute atomic E-state index is 0.0877. The van der Waals surface area contributed by atoms with Crippen LogP contribution >= 0.6 is 11.8 Å². The van der Waals surface area contributed by atoms with Gasteiger partial charge >= 0.3 is 0 Å². The Balaban J connectivity index is 1.67. The van der Waals surface area contributed by atoms with Crippen LogP contribution in [0.4, 0.5) is 0 Å². The Bertz CT molecular complexity index is 483. The van der Waals surface area contributed by atoms with Gasteiger partial charge in [-0.1, -0.05) is 36.8 Å². The highest BCUT2D eigenvalue weighted by Gasteiger charge is 2.47. The Labute approximate surface area is 132 Å². The lowest BCUT2D eigenvalue weighted by molar-refractivity contribution is -0.146. The molecule has 1 amide bonds. The quantitative estimate of drug-likeness (QED) is 0.828. The molecule has 3 heteroatoms. The van der Waals surface area contributed by atoms with E-state index in [2.05, 4.69) is 35.4 Å². The highest BCUT2D eigenvalue weighted by molar-refractivity contribution is 7.98. The molecule has 1 saturated carbocycles. The van der Waals surface area contributed by atoms with Crippen molar-refractivity contribution in [3.05, 3.63) is 35.9 Å². The van der Waals surface area contributed by atoms with Gasteiger partial charge in [0, 0.05) is 13.1 Å². The van der Waals surface area contributed by atoms with Crippen molar-refractivity contribution < 1.29 is 4.79 Å². The van der Waals surface area contributed by atoms with E-state index in [1.54, 1.807) is 0 Å². The smallest absolute Gasteiger partial charge is 0.229 e. The predicted molar refractivity (Wildman–Crippen MR) is 89.5 cm³/mol. The standard InChI is InChI=1S/C18H25NOS/c1-21-14-16-8-11-19(13-16)17(20)18(9-5-10-18)12-15-6-3-2-4-7-15/h2-4,6-7,16H,5,8-14H2,1H3/t16-/m1/s1. The normalized spacial score (nSPS) is 23.9. The number of carbonyl (C=O) groups excluding carboxylic acids is 1. The molecule has 0 unspecified atom stereocenters. The second-order valence-electron chi connectivity index (χ2n) is 6.66. The summed E-state index contributed by atoms with van der Waals surface area (Å²) in [5.74, 6) is 2.33. The van der Waals surface area contributed by atoms with Crippen molar-refractivity contribution in [1.29, 1.82) is 0 Å². The van der Waals surface area contributed by atoms with Gasteiger partial charge in [-0.2, -0.15) is 11.8 Å². The molecule has 2 nitrogen and oxygen atoms in total. The molecule has 1 heterocycles. The lowest BCUT2D eigenvalue weighted by atomic mass is 9.64. The van der Waals surface area contributed by atoms with Crippen LogP contribution in [0.1, 0.15) is 31.2 Å². The molecule has 1 aliphatic heterocycles. The molecule has 0 spiro atoms. The van der Waals surface area contributed by atoms with Crippen LogP contribution in [0.3, 0.4) is 0 Å². The van der Waals surface area contributed by atoms with E-state index in [-0.39, 0.29) is 5.41 Å². The summed E-state index contributed by atoms with van der Waals surface area (Å²) >= 11 is 1.90. The van der Waals surface area contributed by atoms with E-state index in [1.165, 1.54) is 24.2 Å². The number of rotatable bonds is 5. The fourth-order valence-electron chi connectivity index (χ4n) is 3.78. The van der Waals surface area contributed by atoms with Crippen LogP contribution in [-0.2, 0) is 11.2 Å². The molecule has 1 atom stereocenters. The number of likely N-dealkylation sites (tertiary alicyclic amines) is 1. The zero-order valence-corrected chi connectivity index (χ0v) is 13.7. The molecule has 2 aliphatic rings.